The molecule has 0 spiro atoms. The van der Waals surface area contributed by atoms with Crippen LogP contribution in [-0.2, 0) is 0 Å². The SMILES string of the molecule is CC(C)(C)/C=C/c1ccc(N)c(N)n1. The van der Waals surface area contributed by atoms with Gasteiger partial charge in [0.1, 0.15) is 5.82 Å². The van der Waals surface area contributed by atoms with Gasteiger partial charge in [-0.25, -0.2) is 4.98 Å². The van der Waals surface area contributed by atoms with Gasteiger partial charge in [0.2, 0.25) is 0 Å². The standard InChI is InChI=1S/C11H17N3/c1-11(2,3)7-6-8-4-5-9(12)10(13)14-8/h4-7H,12H2,1-3H3,(H2,13,14)/b7-6+. The highest BCUT2D eigenvalue weighted by Gasteiger charge is 2.04. The van der Waals surface area contributed by atoms with Gasteiger partial charge in [0.15, 0.2) is 0 Å². The van der Waals surface area contributed by atoms with E-state index in [0.29, 0.717) is 11.5 Å². The van der Waals surface area contributed by atoms with Crippen LogP contribution in [0.1, 0.15) is 26.5 Å². The largest absolute Gasteiger partial charge is 0.396 e. The summed E-state index contributed by atoms with van der Waals surface area (Å²) < 4.78 is 0. The predicted octanol–water partition coefficient (Wildman–Crippen LogP) is 2.31. The van der Waals surface area contributed by atoms with Crippen molar-refractivity contribution in [3.05, 3.63) is 23.9 Å². The quantitative estimate of drug-likeness (QED) is 0.715. The van der Waals surface area contributed by atoms with Gasteiger partial charge in [-0.15, -0.1) is 0 Å². The lowest BCUT2D eigenvalue weighted by molar-refractivity contribution is 0.547. The Balaban J connectivity index is 2.89. The van der Waals surface area contributed by atoms with E-state index >= 15 is 0 Å². The van der Waals surface area contributed by atoms with E-state index in [1.807, 2.05) is 12.1 Å². The number of hydrogen-bond acceptors (Lipinski definition) is 3. The highest BCUT2D eigenvalue weighted by Crippen LogP contribution is 2.18. The molecule has 3 nitrogen and oxygen atoms in total. The van der Waals surface area contributed by atoms with E-state index in [1.54, 1.807) is 6.07 Å². The number of hydrogen-bond donors (Lipinski definition) is 2. The van der Waals surface area contributed by atoms with Crippen molar-refractivity contribution in [1.29, 1.82) is 0 Å². The van der Waals surface area contributed by atoms with Crippen molar-refractivity contribution in [1.82, 2.24) is 4.98 Å². The molecular weight excluding hydrogens is 174 g/mol. The maximum Gasteiger partial charge on any atom is 0.147 e. The first-order valence-electron chi connectivity index (χ1n) is 4.60. The fourth-order valence-electron chi connectivity index (χ4n) is 0.930. The normalized spacial score (nSPS) is 12.2. The maximum atomic E-state index is 5.59. The summed E-state index contributed by atoms with van der Waals surface area (Å²) in [5.74, 6) is 0.390. The van der Waals surface area contributed by atoms with E-state index in [1.165, 1.54) is 0 Å². The van der Waals surface area contributed by atoms with Crippen molar-refractivity contribution < 1.29 is 0 Å². The molecule has 14 heavy (non-hydrogen) atoms. The third-order valence-electron chi connectivity index (χ3n) is 1.73. The molecule has 0 aliphatic carbocycles. The molecule has 0 unspecified atom stereocenters. The molecule has 0 aromatic carbocycles. The van der Waals surface area contributed by atoms with Crippen LogP contribution in [0.25, 0.3) is 6.08 Å². The van der Waals surface area contributed by atoms with Crippen LogP contribution in [0.15, 0.2) is 18.2 Å². The number of anilines is 2. The summed E-state index contributed by atoms with van der Waals surface area (Å²) in [5.41, 5.74) is 12.7. The van der Waals surface area contributed by atoms with Crippen molar-refractivity contribution in [2.75, 3.05) is 11.5 Å². The molecule has 76 valence electrons. The molecule has 4 N–H and O–H groups in total. The topological polar surface area (TPSA) is 64.9 Å². The minimum Gasteiger partial charge on any atom is -0.396 e. The Morgan fingerprint density at radius 3 is 2.36 bits per heavy atom. The summed E-state index contributed by atoms with van der Waals surface area (Å²) in [7, 11) is 0. The summed E-state index contributed by atoms with van der Waals surface area (Å²) in [6.07, 6.45) is 4.04. The molecule has 1 heterocycles. The van der Waals surface area contributed by atoms with Gasteiger partial charge < -0.3 is 11.5 Å². The second-order valence-corrected chi connectivity index (χ2v) is 4.41. The van der Waals surface area contributed by atoms with Crippen molar-refractivity contribution in [2.45, 2.75) is 20.8 Å². The molecule has 0 saturated carbocycles. The van der Waals surface area contributed by atoms with Crippen LogP contribution in [0.5, 0.6) is 0 Å². The zero-order valence-corrected chi connectivity index (χ0v) is 8.91. The van der Waals surface area contributed by atoms with Crippen molar-refractivity contribution in [2.24, 2.45) is 5.41 Å². The number of nitrogens with two attached hydrogens (primary N) is 2. The monoisotopic (exact) mass is 191 g/mol. The highest BCUT2D eigenvalue weighted by atomic mass is 14.9. The molecule has 0 amide bonds. The number of pyridine rings is 1. The highest BCUT2D eigenvalue weighted by molar-refractivity contribution is 5.61. The van der Waals surface area contributed by atoms with Gasteiger partial charge in [-0.2, -0.15) is 0 Å². The Labute approximate surface area is 84.8 Å². The van der Waals surface area contributed by atoms with E-state index in [-0.39, 0.29) is 5.41 Å². The Bertz CT molecular complexity index is 348. The van der Waals surface area contributed by atoms with E-state index < -0.39 is 0 Å². The molecule has 0 aliphatic rings. The smallest absolute Gasteiger partial charge is 0.147 e. The summed E-state index contributed by atoms with van der Waals surface area (Å²) in [6, 6.07) is 3.62. The number of aromatic nitrogens is 1. The Hall–Kier alpha value is -1.51. The second-order valence-electron chi connectivity index (χ2n) is 4.41. The second kappa shape index (κ2) is 3.70. The predicted molar refractivity (Wildman–Crippen MR) is 61.6 cm³/mol. The third kappa shape index (κ3) is 3.09. The lowest BCUT2D eigenvalue weighted by Crippen LogP contribution is -2.00. The molecule has 0 bridgehead atoms. The van der Waals surface area contributed by atoms with Crippen molar-refractivity contribution in [3.8, 4) is 0 Å². The van der Waals surface area contributed by atoms with Gasteiger partial charge in [-0.1, -0.05) is 26.8 Å². The summed E-state index contributed by atoms with van der Waals surface area (Å²) in [4.78, 5) is 4.14. The summed E-state index contributed by atoms with van der Waals surface area (Å²) >= 11 is 0. The van der Waals surface area contributed by atoms with Gasteiger partial charge >= 0.3 is 0 Å². The first-order valence-corrected chi connectivity index (χ1v) is 4.60. The molecule has 0 aliphatic heterocycles. The van der Waals surface area contributed by atoms with E-state index in [4.69, 9.17) is 11.5 Å². The fraction of sp³-hybridized carbons (Fsp3) is 0.364. The Kier molecular flexibility index (Phi) is 2.79. The molecule has 0 atom stereocenters. The van der Waals surface area contributed by atoms with Crippen LogP contribution in [0, 0.1) is 5.41 Å². The lowest BCUT2D eigenvalue weighted by atomic mass is 9.96. The molecule has 1 aromatic rings. The van der Waals surface area contributed by atoms with Crippen LogP contribution in [-0.4, -0.2) is 4.98 Å². The van der Waals surface area contributed by atoms with E-state index in [9.17, 15) is 0 Å². The lowest BCUT2D eigenvalue weighted by Gasteiger charge is -2.10. The van der Waals surface area contributed by atoms with Crippen molar-refractivity contribution in [3.63, 3.8) is 0 Å². The van der Waals surface area contributed by atoms with Gasteiger partial charge in [0, 0.05) is 0 Å². The zero-order valence-electron chi connectivity index (χ0n) is 8.91. The van der Waals surface area contributed by atoms with Crippen LogP contribution in [0.4, 0.5) is 11.5 Å². The average molecular weight is 191 g/mol. The molecule has 0 fully saturated rings. The average Bonchev–Trinajstić information content (AvgIpc) is 2.06. The zero-order chi connectivity index (χ0) is 10.8. The molecule has 0 radical (unpaired) electrons. The summed E-state index contributed by atoms with van der Waals surface area (Å²) in [5, 5.41) is 0. The van der Waals surface area contributed by atoms with Gasteiger partial charge in [0.25, 0.3) is 0 Å². The van der Waals surface area contributed by atoms with Crippen LogP contribution < -0.4 is 11.5 Å². The van der Waals surface area contributed by atoms with Crippen LogP contribution in [0.2, 0.25) is 0 Å². The molecule has 1 rings (SSSR count). The molecular formula is C11H17N3. The number of rotatable bonds is 1. The van der Waals surface area contributed by atoms with Crippen LogP contribution >= 0.6 is 0 Å². The van der Waals surface area contributed by atoms with Gasteiger partial charge in [-0.05, 0) is 23.6 Å². The maximum absolute atomic E-state index is 5.59. The Morgan fingerprint density at radius 1 is 1.21 bits per heavy atom. The number of nitrogen functional groups attached to an aromatic ring is 2. The van der Waals surface area contributed by atoms with E-state index in [0.717, 1.165) is 5.69 Å². The molecule has 3 heteroatoms. The minimum atomic E-state index is 0.151. The minimum absolute atomic E-state index is 0.151. The Morgan fingerprint density at radius 2 is 1.86 bits per heavy atom. The first-order chi connectivity index (χ1) is 6.38. The fourth-order valence-corrected chi connectivity index (χ4v) is 0.930. The van der Waals surface area contributed by atoms with Crippen molar-refractivity contribution >= 4 is 17.6 Å². The molecule has 0 saturated heterocycles. The summed E-state index contributed by atoms with van der Waals surface area (Å²) in [6.45, 7) is 6.39. The van der Waals surface area contributed by atoms with Crippen LogP contribution in [0.3, 0.4) is 0 Å². The van der Waals surface area contributed by atoms with E-state index in [2.05, 4.69) is 31.8 Å². The third-order valence-corrected chi connectivity index (χ3v) is 1.73. The van der Waals surface area contributed by atoms with Gasteiger partial charge in [-0.3, -0.25) is 0 Å². The first kappa shape index (κ1) is 10.6. The number of allylic oxidation sites excluding steroid dienone is 1. The number of nitrogens with zero attached hydrogens (tertiary/aromatic N) is 1. The van der Waals surface area contributed by atoms with Gasteiger partial charge in [0.05, 0.1) is 11.4 Å². The molecule has 1 aromatic heterocycles.